The van der Waals surface area contributed by atoms with Crippen LogP contribution in [0.25, 0.3) is 10.9 Å². The molecule has 0 saturated carbocycles. The van der Waals surface area contributed by atoms with E-state index >= 15 is 0 Å². The number of aromatic amines is 1. The number of ether oxygens (including phenoxy) is 2. The molecule has 0 spiro atoms. The van der Waals surface area contributed by atoms with Crippen LogP contribution < -0.4 is 14.8 Å². The van der Waals surface area contributed by atoms with Gasteiger partial charge >= 0.3 is 0 Å². The van der Waals surface area contributed by atoms with Gasteiger partial charge in [0.25, 0.3) is 0 Å². The molecule has 5 nitrogen and oxygen atoms in total. The number of amides is 1. The maximum atomic E-state index is 13.2. The molecule has 0 atom stereocenters. The lowest BCUT2D eigenvalue weighted by atomic mass is 9.81. The molecular weight excluding hydrogens is 328 g/mol. The van der Waals surface area contributed by atoms with Gasteiger partial charge in [0, 0.05) is 22.7 Å². The summed E-state index contributed by atoms with van der Waals surface area (Å²) >= 11 is 0. The minimum atomic E-state index is -0.738. The first-order valence-electron chi connectivity index (χ1n) is 8.49. The summed E-state index contributed by atoms with van der Waals surface area (Å²) in [6.07, 6.45) is 0. The number of H-pyrrole nitrogens is 1. The molecule has 0 aliphatic rings. The highest BCUT2D eigenvalue weighted by Gasteiger charge is 2.34. The highest BCUT2D eigenvalue weighted by atomic mass is 16.5. The molecule has 136 valence electrons. The first-order valence-corrected chi connectivity index (χ1v) is 8.49. The monoisotopic (exact) mass is 352 g/mol. The molecule has 1 aromatic heterocycles. The number of aryl methyl sites for hydroxylation is 1. The zero-order chi connectivity index (χ0) is 18.9. The Morgan fingerprint density at radius 2 is 1.81 bits per heavy atom. The molecule has 0 bridgehead atoms. The molecule has 0 unspecified atom stereocenters. The molecule has 2 aromatic carbocycles. The lowest BCUT2D eigenvalue weighted by Crippen LogP contribution is -2.35. The van der Waals surface area contributed by atoms with Crippen LogP contribution in [0.2, 0.25) is 0 Å². The number of carbonyl (C=O) groups excluding carboxylic acids is 1. The van der Waals surface area contributed by atoms with Gasteiger partial charge in [-0.2, -0.15) is 0 Å². The minimum Gasteiger partial charge on any atom is -0.497 e. The highest BCUT2D eigenvalue weighted by molar-refractivity contribution is 6.03. The third-order valence-electron chi connectivity index (χ3n) is 4.74. The van der Waals surface area contributed by atoms with Crippen LogP contribution in [0.3, 0.4) is 0 Å². The molecule has 1 amide bonds. The number of aromatic nitrogens is 1. The van der Waals surface area contributed by atoms with Crippen molar-refractivity contribution in [3.63, 3.8) is 0 Å². The predicted octanol–water partition coefficient (Wildman–Crippen LogP) is 4.41. The first-order chi connectivity index (χ1) is 12.4. The molecular formula is C21H24N2O3. The average Bonchev–Trinajstić information content (AvgIpc) is 2.97. The van der Waals surface area contributed by atoms with Gasteiger partial charge in [0.15, 0.2) is 0 Å². The number of nitrogens with one attached hydrogen (secondary N) is 2. The van der Waals surface area contributed by atoms with Gasteiger partial charge in [-0.25, -0.2) is 0 Å². The van der Waals surface area contributed by atoms with E-state index in [9.17, 15) is 4.79 Å². The van der Waals surface area contributed by atoms with E-state index in [1.807, 2.05) is 45.0 Å². The van der Waals surface area contributed by atoms with E-state index < -0.39 is 5.41 Å². The van der Waals surface area contributed by atoms with E-state index in [2.05, 4.69) is 10.3 Å². The Bertz CT molecular complexity index is 957. The molecule has 5 heteroatoms. The van der Waals surface area contributed by atoms with Crippen LogP contribution in [0.15, 0.2) is 42.5 Å². The average molecular weight is 352 g/mol. The second kappa shape index (κ2) is 6.75. The maximum absolute atomic E-state index is 13.2. The topological polar surface area (TPSA) is 63.4 Å². The third kappa shape index (κ3) is 3.01. The zero-order valence-electron chi connectivity index (χ0n) is 15.8. The Kier molecular flexibility index (Phi) is 4.64. The fraction of sp³-hybridized carbons (Fsp3) is 0.286. The summed E-state index contributed by atoms with van der Waals surface area (Å²) in [5.41, 5.74) is 2.86. The number of carbonyl (C=O) groups is 1. The van der Waals surface area contributed by atoms with Crippen LogP contribution >= 0.6 is 0 Å². The summed E-state index contributed by atoms with van der Waals surface area (Å²) < 4.78 is 10.6. The van der Waals surface area contributed by atoms with Crippen LogP contribution in [-0.2, 0) is 10.2 Å². The molecule has 0 saturated heterocycles. The number of rotatable bonds is 5. The number of fused-ring (bicyclic) bond motifs is 1. The van der Waals surface area contributed by atoms with E-state index in [0.717, 1.165) is 22.2 Å². The van der Waals surface area contributed by atoms with Crippen molar-refractivity contribution >= 4 is 22.5 Å². The van der Waals surface area contributed by atoms with Crippen molar-refractivity contribution in [3.8, 4) is 11.5 Å². The van der Waals surface area contributed by atoms with Gasteiger partial charge in [0.1, 0.15) is 11.5 Å². The number of hydrogen-bond acceptors (Lipinski definition) is 3. The molecule has 0 fully saturated rings. The standard InChI is InChI=1S/C21H24N2O3/c1-13-19(15-8-6-7-9-16(15)22-13)21(2,3)20(24)23-17-12-14(25-4)10-11-18(17)26-5/h6-12,22H,1-5H3,(H,23,24). The first kappa shape index (κ1) is 17.9. The quantitative estimate of drug-likeness (QED) is 0.715. The van der Waals surface area contributed by atoms with Crippen molar-refractivity contribution in [2.75, 3.05) is 19.5 Å². The van der Waals surface area contributed by atoms with Gasteiger partial charge in [-0.3, -0.25) is 4.79 Å². The van der Waals surface area contributed by atoms with Crippen molar-refractivity contribution in [2.24, 2.45) is 0 Å². The summed E-state index contributed by atoms with van der Waals surface area (Å²) in [6, 6.07) is 13.4. The second-order valence-corrected chi connectivity index (χ2v) is 6.82. The number of para-hydroxylation sites is 1. The van der Waals surface area contributed by atoms with Gasteiger partial charge in [0.2, 0.25) is 5.91 Å². The maximum Gasteiger partial charge on any atom is 0.234 e. The van der Waals surface area contributed by atoms with Gasteiger partial charge in [-0.1, -0.05) is 18.2 Å². The lowest BCUT2D eigenvalue weighted by molar-refractivity contribution is -0.120. The van der Waals surface area contributed by atoms with Crippen LogP contribution in [0.5, 0.6) is 11.5 Å². The predicted molar refractivity (Wildman–Crippen MR) is 104 cm³/mol. The summed E-state index contributed by atoms with van der Waals surface area (Å²) in [4.78, 5) is 16.5. The van der Waals surface area contributed by atoms with Crippen LogP contribution in [0, 0.1) is 6.92 Å². The molecule has 1 heterocycles. The normalized spacial score (nSPS) is 11.4. The fourth-order valence-electron chi connectivity index (χ4n) is 3.39. The van der Waals surface area contributed by atoms with Crippen molar-refractivity contribution in [3.05, 3.63) is 53.7 Å². The molecule has 2 N–H and O–H groups in total. The molecule has 0 aliphatic carbocycles. The molecule has 26 heavy (non-hydrogen) atoms. The number of anilines is 1. The van der Waals surface area contributed by atoms with Crippen LogP contribution in [0.4, 0.5) is 5.69 Å². The molecule has 0 radical (unpaired) electrons. The summed E-state index contributed by atoms with van der Waals surface area (Å²) in [6.45, 7) is 5.85. The van der Waals surface area contributed by atoms with E-state index in [4.69, 9.17) is 9.47 Å². The van der Waals surface area contributed by atoms with Crippen LogP contribution in [0.1, 0.15) is 25.1 Å². The van der Waals surface area contributed by atoms with Gasteiger partial charge < -0.3 is 19.8 Å². The van der Waals surface area contributed by atoms with Crippen molar-refractivity contribution in [1.82, 2.24) is 4.98 Å². The summed E-state index contributed by atoms with van der Waals surface area (Å²) in [5, 5.41) is 4.06. The molecule has 0 aliphatic heterocycles. The van der Waals surface area contributed by atoms with Crippen molar-refractivity contribution in [1.29, 1.82) is 0 Å². The highest BCUT2D eigenvalue weighted by Crippen LogP contribution is 2.36. The number of benzene rings is 2. The molecule has 3 aromatic rings. The Morgan fingerprint density at radius 1 is 1.08 bits per heavy atom. The summed E-state index contributed by atoms with van der Waals surface area (Å²) in [5.74, 6) is 1.13. The number of methoxy groups -OCH3 is 2. The van der Waals surface area contributed by atoms with Crippen LogP contribution in [-0.4, -0.2) is 25.1 Å². The molecule has 3 rings (SSSR count). The lowest BCUT2D eigenvalue weighted by Gasteiger charge is -2.25. The summed E-state index contributed by atoms with van der Waals surface area (Å²) in [7, 11) is 3.17. The van der Waals surface area contributed by atoms with Gasteiger partial charge in [0.05, 0.1) is 25.3 Å². The Morgan fingerprint density at radius 3 is 2.50 bits per heavy atom. The largest absolute Gasteiger partial charge is 0.497 e. The van der Waals surface area contributed by atoms with Crippen molar-refractivity contribution in [2.45, 2.75) is 26.2 Å². The van der Waals surface area contributed by atoms with Gasteiger partial charge in [-0.05, 0) is 44.5 Å². The van der Waals surface area contributed by atoms with Crippen molar-refractivity contribution < 1.29 is 14.3 Å². The number of hydrogen-bond donors (Lipinski definition) is 2. The zero-order valence-corrected chi connectivity index (χ0v) is 15.8. The van der Waals surface area contributed by atoms with E-state index in [1.54, 1.807) is 32.4 Å². The fourth-order valence-corrected chi connectivity index (χ4v) is 3.39. The van der Waals surface area contributed by atoms with E-state index in [-0.39, 0.29) is 5.91 Å². The Hall–Kier alpha value is -2.95. The third-order valence-corrected chi connectivity index (χ3v) is 4.74. The van der Waals surface area contributed by atoms with E-state index in [0.29, 0.717) is 17.2 Å². The Labute approximate surface area is 153 Å². The minimum absolute atomic E-state index is 0.114. The Balaban J connectivity index is 2.00. The SMILES string of the molecule is COc1ccc(OC)c(NC(=O)C(C)(C)c2c(C)[nH]c3ccccc23)c1. The van der Waals surface area contributed by atoms with Gasteiger partial charge in [-0.15, -0.1) is 0 Å². The second-order valence-electron chi connectivity index (χ2n) is 6.82. The smallest absolute Gasteiger partial charge is 0.234 e. The van der Waals surface area contributed by atoms with E-state index in [1.165, 1.54) is 0 Å².